The molecule has 1 rings (SSSR count). The summed E-state index contributed by atoms with van der Waals surface area (Å²) in [6.07, 6.45) is 2.29. The maximum absolute atomic E-state index is 4.45. The van der Waals surface area contributed by atoms with Crippen molar-refractivity contribution in [3.8, 4) is 0 Å². The first-order valence-electron chi connectivity index (χ1n) is 5.72. The lowest BCUT2D eigenvalue weighted by Crippen LogP contribution is -2.29. The van der Waals surface area contributed by atoms with Crippen molar-refractivity contribution in [3.05, 3.63) is 16.1 Å². The van der Waals surface area contributed by atoms with Gasteiger partial charge in [-0.1, -0.05) is 13.8 Å². The van der Waals surface area contributed by atoms with E-state index in [1.165, 1.54) is 17.1 Å². The Kier molecular flexibility index (Phi) is 5.26. The summed E-state index contributed by atoms with van der Waals surface area (Å²) >= 11 is 1.73. The van der Waals surface area contributed by atoms with Crippen LogP contribution in [0.25, 0.3) is 0 Å². The molecule has 0 bridgehead atoms. The molecular weight excluding hydrogens is 204 g/mol. The second kappa shape index (κ2) is 6.23. The highest BCUT2D eigenvalue weighted by Gasteiger charge is 2.04. The van der Waals surface area contributed by atoms with Gasteiger partial charge in [0, 0.05) is 24.4 Å². The molecule has 0 saturated heterocycles. The summed E-state index contributed by atoms with van der Waals surface area (Å²) in [5, 5.41) is 6.86. The van der Waals surface area contributed by atoms with E-state index in [1.807, 2.05) is 0 Å². The zero-order valence-corrected chi connectivity index (χ0v) is 11.0. The minimum Gasteiger partial charge on any atom is -0.314 e. The molecule has 86 valence electrons. The van der Waals surface area contributed by atoms with Crippen LogP contribution in [0, 0.1) is 12.8 Å². The Morgan fingerprint density at radius 3 is 2.67 bits per heavy atom. The monoisotopic (exact) mass is 226 g/mol. The number of hydrogen-bond acceptors (Lipinski definition) is 3. The highest BCUT2D eigenvalue weighted by atomic mass is 32.1. The van der Waals surface area contributed by atoms with Crippen LogP contribution in [0.4, 0.5) is 0 Å². The van der Waals surface area contributed by atoms with Gasteiger partial charge in [-0.3, -0.25) is 0 Å². The Labute approximate surface area is 97.1 Å². The summed E-state index contributed by atoms with van der Waals surface area (Å²) in [5.74, 6) is 0.772. The molecule has 0 aliphatic rings. The average molecular weight is 226 g/mol. The van der Waals surface area contributed by atoms with Gasteiger partial charge in [-0.15, -0.1) is 11.3 Å². The van der Waals surface area contributed by atoms with Crippen LogP contribution in [-0.4, -0.2) is 17.6 Å². The second-order valence-corrected chi connectivity index (χ2v) is 5.65. The molecule has 1 heterocycles. The lowest BCUT2D eigenvalue weighted by atomic mass is 10.1. The van der Waals surface area contributed by atoms with Gasteiger partial charge < -0.3 is 5.32 Å². The maximum atomic E-state index is 4.45. The third-order valence-corrected chi connectivity index (χ3v) is 3.19. The number of nitrogens with zero attached hydrogens (tertiary/aromatic N) is 1. The van der Waals surface area contributed by atoms with Crippen LogP contribution in [0.3, 0.4) is 0 Å². The van der Waals surface area contributed by atoms with Gasteiger partial charge in [-0.05, 0) is 26.2 Å². The predicted octanol–water partition coefficient (Wildman–Crippen LogP) is 3.02. The van der Waals surface area contributed by atoms with E-state index in [2.05, 4.69) is 43.4 Å². The smallest absolute Gasteiger partial charge is 0.0897 e. The van der Waals surface area contributed by atoms with Gasteiger partial charge in [0.1, 0.15) is 0 Å². The van der Waals surface area contributed by atoms with Crippen molar-refractivity contribution in [1.82, 2.24) is 10.3 Å². The van der Waals surface area contributed by atoms with Crippen LogP contribution in [0.1, 0.15) is 37.9 Å². The Balaban J connectivity index is 2.16. The fraction of sp³-hybridized carbons (Fsp3) is 0.750. The number of rotatable bonds is 6. The first-order chi connectivity index (χ1) is 7.08. The molecule has 0 spiro atoms. The Morgan fingerprint density at radius 2 is 2.13 bits per heavy atom. The molecule has 2 nitrogen and oxygen atoms in total. The average Bonchev–Trinajstić information content (AvgIpc) is 2.50. The van der Waals surface area contributed by atoms with E-state index >= 15 is 0 Å². The Bertz CT molecular complexity index is 281. The van der Waals surface area contributed by atoms with E-state index in [9.17, 15) is 0 Å². The van der Waals surface area contributed by atoms with Crippen LogP contribution >= 0.6 is 11.3 Å². The van der Waals surface area contributed by atoms with Gasteiger partial charge in [0.05, 0.1) is 10.7 Å². The molecular formula is C12H22N2S. The molecule has 0 saturated carbocycles. The van der Waals surface area contributed by atoms with Crippen molar-refractivity contribution in [3.63, 3.8) is 0 Å². The lowest BCUT2D eigenvalue weighted by molar-refractivity contribution is 0.444. The van der Waals surface area contributed by atoms with Crippen LogP contribution in [0.2, 0.25) is 0 Å². The third kappa shape index (κ3) is 5.28. The molecule has 3 heteroatoms. The van der Waals surface area contributed by atoms with E-state index in [-0.39, 0.29) is 0 Å². The second-order valence-electron chi connectivity index (χ2n) is 4.59. The van der Waals surface area contributed by atoms with Crippen LogP contribution in [0.15, 0.2) is 5.38 Å². The molecule has 0 aromatic carbocycles. The van der Waals surface area contributed by atoms with Gasteiger partial charge in [-0.2, -0.15) is 0 Å². The van der Waals surface area contributed by atoms with Crippen LogP contribution < -0.4 is 5.32 Å². The van der Waals surface area contributed by atoms with Gasteiger partial charge in [0.2, 0.25) is 0 Å². The summed E-state index contributed by atoms with van der Waals surface area (Å²) in [4.78, 5) is 4.45. The van der Waals surface area contributed by atoms with Gasteiger partial charge in [0.25, 0.3) is 0 Å². The van der Waals surface area contributed by atoms with Crippen LogP contribution in [-0.2, 0) is 6.42 Å². The number of nitrogens with one attached hydrogen (secondary N) is 1. The summed E-state index contributed by atoms with van der Waals surface area (Å²) in [5.41, 5.74) is 1.22. The van der Waals surface area contributed by atoms with Crippen molar-refractivity contribution >= 4 is 11.3 Å². The molecule has 0 fully saturated rings. The van der Waals surface area contributed by atoms with E-state index < -0.39 is 0 Å². The van der Waals surface area contributed by atoms with Gasteiger partial charge >= 0.3 is 0 Å². The number of aryl methyl sites for hydroxylation is 1. The third-order valence-electron chi connectivity index (χ3n) is 2.37. The number of hydrogen-bond donors (Lipinski definition) is 1. The molecule has 1 unspecified atom stereocenters. The molecule has 1 N–H and O–H groups in total. The van der Waals surface area contributed by atoms with Crippen molar-refractivity contribution in [2.45, 2.75) is 46.6 Å². The first-order valence-corrected chi connectivity index (χ1v) is 6.60. The van der Waals surface area contributed by atoms with Crippen molar-refractivity contribution in [2.75, 3.05) is 6.54 Å². The van der Waals surface area contributed by atoms with Gasteiger partial charge in [-0.25, -0.2) is 4.98 Å². The molecule has 1 atom stereocenters. The topological polar surface area (TPSA) is 24.9 Å². The SMILES string of the molecule is Cc1nc(CCNC(C)CC(C)C)cs1. The lowest BCUT2D eigenvalue weighted by Gasteiger charge is -2.15. The van der Waals surface area contributed by atoms with Crippen molar-refractivity contribution in [2.24, 2.45) is 5.92 Å². The van der Waals surface area contributed by atoms with E-state index in [4.69, 9.17) is 0 Å². The standard InChI is InChI=1S/C12H22N2S/c1-9(2)7-10(3)13-6-5-12-8-15-11(4)14-12/h8-10,13H,5-7H2,1-4H3. The number of thiazole rings is 1. The summed E-state index contributed by atoms with van der Waals surface area (Å²) in [6.45, 7) is 9.89. The fourth-order valence-electron chi connectivity index (χ4n) is 1.76. The minimum absolute atomic E-state index is 0.615. The summed E-state index contributed by atoms with van der Waals surface area (Å²) in [6, 6.07) is 0.615. The van der Waals surface area contributed by atoms with E-state index in [0.717, 1.165) is 18.9 Å². The van der Waals surface area contributed by atoms with Crippen LogP contribution in [0.5, 0.6) is 0 Å². The predicted molar refractivity (Wildman–Crippen MR) is 67.5 cm³/mol. The largest absolute Gasteiger partial charge is 0.314 e. The molecule has 0 aliphatic heterocycles. The van der Waals surface area contributed by atoms with Crippen molar-refractivity contribution in [1.29, 1.82) is 0 Å². The van der Waals surface area contributed by atoms with E-state index in [0.29, 0.717) is 6.04 Å². The van der Waals surface area contributed by atoms with Crippen molar-refractivity contribution < 1.29 is 0 Å². The molecule has 0 aliphatic carbocycles. The van der Waals surface area contributed by atoms with E-state index in [1.54, 1.807) is 11.3 Å². The van der Waals surface area contributed by atoms with Gasteiger partial charge in [0.15, 0.2) is 0 Å². The first kappa shape index (κ1) is 12.7. The normalized spacial score (nSPS) is 13.4. The summed E-state index contributed by atoms with van der Waals surface area (Å²) in [7, 11) is 0. The number of aromatic nitrogens is 1. The quantitative estimate of drug-likeness (QED) is 0.806. The Morgan fingerprint density at radius 1 is 1.40 bits per heavy atom. The molecule has 15 heavy (non-hydrogen) atoms. The fourth-order valence-corrected chi connectivity index (χ4v) is 2.41. The maximum Gasteiger partial charge on any atom is 0.0897 e. The molecule has 1 aromatic rings. The highest BCUT2D eigenvalue weighted by Crippen LogP contribution is 2.08. The Hall–Kier alpha value is -0.410. The highest BCUT2D eigenvalue weighted by molar-refractivity contribution is 7.09. The minimum atomic E-state index is 0.615. The summed E-state index contributed by atoms with van der Waals surface area (Å²) < 4.78 is 0. The molecule has 1 aromatic heterocycles. The molecule has 0 radical (unpaired) electrons. The zero-order chi connectivity index (χ0) is 11.3. The molecule has 0 amide bonds. The zero-order valence-electron chi connectivity index (χ0n) is 10.2.